The molecule has 0 aliphatic carbocycles. The minimum Gasteiger partial charge on any atom is -0.389 e. The Bertz CT molecular complexity index is 824. The van der Waals surface area contributed by atoms with Gasteiger partial charge in [-0.25, -0.2) is 4.98 Å². The fraction of sp³-hybridized carbons (Fsp3) is 0.500. The number of aryl methyl sites for hydroxylation is 1. The van der Waals surface area contributed by atoms with Gasteiger partial charge in [-0.3, -0.25) is 9.47 Å². The van der Waals surface area contributed by atoms with Crippen LogP contribution < -0.4 is 0 Å². The molecular formula is C16H19Cl2N5O3. The molecule has 0 fully saturated rings. The van der Waals surface area contributed by atoms with Gasteiger partial charge in [-0.2, -0.15) is 0 Å². The summed E-state index contributed by atoms with van der Waals surface area (Å²) in [6, 6.07) is 3.74. The molecule has 1 aliphatic heterocycles. The first-order valence-corrected chi connectivity index (χ1v) is 8.95. The summed E-state index contributed by atoms with van der Waals surface area (Å²) >= 11 is 11.8. The van der Waals surface area contributed by atoms with E-state index >= 15 is 0 Å². The average Bonchev–Trinajstić information content (AvgIpc) is 2.94. The van der Waals surface area contributed by atoms with E-state index in [0.29, 0.717) is 31.2 Å². The van der Waals surface area contributed by atoms with Gasteiger partial charge in [0.25, 0.3) is 0 Å². The summed E-state index contributed by atoms with van der Waals surface area (Å²) in [6.45, 7) is 4.06. The lowest BCUT2D eigenvalue weighted by Crippen LogP contribution is -2.43. The SMILES string of the molecule is CC(O)(CCn1cc([N+](=O)[O-])nc1Cl)CN1CCc2nc(Cl)ccc2C1. The van der Waals surface area contributed by atoms with E-state index in [2.05, 4.69) is 14.9 Å². The third-order valence-electron chi connectivity index (χ3n) is 4.45. The van der Waals surface area contributed by atoms with Crippen molar-refractivity contribution in [1.29, 1.82) is 0 Å². The number of nitro groups is 1. The molecule has 8 nitrogen and oxygen atoms in total. The monoisotopic (exact) mass is 399 g/mol. The summed E-state index contributed by atoms with van der Waals surface area (Å²) in [6.07, 6.45) is 2.46. The lowest BCUT2D eigenvalue weighted by atomic mass is 9.99. The third kappa shape index (κ3) is 4.50. The van der Waals surface area contributed by atoms with E-state index < -0.39 is 10.5 Å². The van der Waals surface area contributed by atoms with E-state index in [1.807, 2.05) is 6.07 Å². The highest BCUT2D eigenvalue weighted by atomic mass is 35.5. The second-order valence-electron chi connectivity index (χ2n) is 6.77. The molecule has 0 radical (unpaired) electrons. The number of nitrogens with zero attached hydrogens (tertiary/aromatic N) is 5. The van der Waals surface area contributed by atoms with Crippen molar-refractivity contribution in [1.82, 2.24) is 19.4 Å². The molecule has 1 atom stereocenters. The van der Waals surface area contributed by atoms with Crippen LogP contribution in [0, 0.1) is 10.1 Å². The molecule has 2 aromatic heterocycles. The van der Waals surface area contributed by atoms with Crippen LogP contribution in [0.15, 0.2) is 18.3 Å². The van der Waals surface area contributed by atoms with Crippen molar-refractivity contribution in [2.45, 2.75) is 38.5 Å². The Hall–Kier alpha value is -1.74. The first-order chi connectivity index (χ1) is 12.2. The zero-order valence-corrected chi connectivity index (χ0v) is 15.7. The van der Waals surface area contributed by atoms with Gasteiger partial charge in [0.15, 0.2) is 0 Å². The van der Waals surface area contributed by atoms with Gasteiger partial charge in [-0.1, -0.05) is 17.7 Å². The first-order valence-electron chi connectivity index (χ1n) is 8.20. The van der Waals surface area contributed by atoms with E-state index in [0.717, 1.165) is 24.2 Å². The molecule has 0 amide bonds. The Labute approximate surface area is 160 Å². The summed E-state index contributed by atoms with van der Waals surface area (Å²) in [4.78, 5) is 20.3. The highest BCUT2D eigenvalue weighted by Crippen LogP contribution is 2.23. The molecule has 3 rings (SSSR count). The number of β-amino-alcohol motifs (C(OH)–C–C–N with tert-alkyl or cyclic N) is 1. The average molecular weight is 400 g/mol. The van der Waals surface area contributed by atoms with Gasteiger partial charge in [-0.05, 0) is 46.5 Å². The van der Waals surface area contributed by atoms with Gasteiger partial charge >= 0.3 is 11.1 Å². The number of hydrogen-bond acceptors (Lipinski definition) is 6. The van der Waals surface area contributed by atoms with Gasteiger partial charge in [0.05, 0.1) is 5.60 Å². The Balaban J connectivity index is 1.59. The molecule has 3 heterocycles. The molecule has 26 heavy (non-hydrogen) atoms. The van der Waals surface area contributed by atoms with Crippen molar-refractivity contribution < 1.29 is 10.0 Å². The lowest BCUT2D eigenvalue weighted by Gasteiger charge is -2.34. The molecule has 10 heteroatoms. The zero-order chi connectivity index (χ0) is 18.9. The van der Waals surface area contributed by atoms with Crippen molar-refractivity contribution >= 4 is 29.0 Å². The van der Waals surface area contributed by atoms with E-state index in [4.69, 9.17) is 23.2 Å². The van der Waals surface area contributed by atoms with Crippen LogP contribution in [-0.4, -0.2) is 48.2 Å². The fourth-order valence-corrected chi connectivity index (χ4v) is 3.51. The largest absolute Gasteiger partial charge is 0.389 e. The van der Waals surface area contributed by atoms with Crippen LogP contribution in [0.3, 0.4) is 0 Å². The molecule has 0 spiro atoms. The van der Waals surface area contributed by atoms with Gasteiger partial charge in [-0.15, -0.1) is 0 Å². The summed E-state index contributed by atoms with van der Waals surface area (Å²) in [7, 11) is 0. The molecule has 0 aromatic carbocycles. The maximum atomic E-state index is 10.8. The van der Waals surface area contributed by atoms with Gasteiger partial charge in [0, 0.05) is 38.3 Å². The molecule has 0 bridgehead atoms. The maximum Gasteiger partial charge on any atom is 0.383 e. The van der Waals surface area contributed by atoms with Crippen LogP contribution in [0.5, 0.6) is 0 Å². The van der Waals surface area contributed by atoms with Crippen LogP contribution >= 0.6 is 23.2 Å². The van der Waals surface area contributed by atoms with Crippen molar-refractivity contribution in [2.24, 2.45) is 0 Å². The second kappa shape index (κ2) is 7.48. The highest BCUT2D eigenvalue weighted by Gasteiger charge is 2.28. The smallest absolute Gasteiger partial charge is 0.383 e. The summed E-state index contributed by atoms with van der Waals surface area (Å²) in [5.41, 5.74) is 1.15. The molecular weight excluding hydrogens is 381 g/mol. The van der Waals surface area contributed by atoms with Crippen LogP contribution in [0.1, 0.15) is 24.6 Å². The highest BCUT2D eigenvalue weighted by molar-refractivity contribution is 6.29. The fourth-order valence-electron chi connectivity index (χ4n) is 3.13. The Morgan fingerprint density at radius 1 is 1.38 bits per heavy atom. The van der Waals surface area contributed by atoms with Crippen LogP contribution in [0.2, 0.25) is 10.4 Å². The Morgan fingerprint density at radius 2 is 2.15 bits per heavy atom. The predicted molar refractivity (Wildman–Crippen MR) is 97.4 cm³/mol. The zero-order valence-electron chi connectivity index (χ0n) is 14.2. The van der Waals surface area contributed by atoms with Crippen molar-refractivity contribution in [3.63, 3.8) is 0 Å². The second-order valence-corrected chi connectivity index (χ2v) is 7.49. The Morgan fingerprint density at radius 3 is 2.85 bits per heavy atom. The third-order valence-corrected chi connectivity index (χ3v) is 4.96. The van der Waals surface area contributed by atoms with Crippen LogP contribution in [0.4, 0.5) is 5.82 Å². The predicted octanol–water partition coefficient (Wildman–Crippen LogP) is 2.69. The topological polar surface area (TPSA) is 97.3 Å². The number of hydrogen-bond donors (Lipinski definition) is 1. The first kappa shape index (κ1) is 19.0. The summed E-state index contributed by atoms with van der Waals surface area (Å²) in [5, 5.41) is 22.0. The van der Waals surface area contributed by atoms with Crippen molar-refractivity contribution in [3.8, 4) is 0 Å². The number of pyridine rings is 1. The van der Waals surface area contributed by atoms with E-state index in [1.165, 1.54) is 10.8 Å². The number of aliphatic hydroxyl groups is 1. The Kier molecular flexibility index (Phi) is 5.47. The lowest BCUT2D eigenvalue weighted by molar-refractivity contribution is -0.389. The molecule has 140 valence electrons. The minimum atomic E-state index is -0.972. The van der Waals surface area contributed by atoms with Crippen LogP contribution in [-0.2, 0) is 19.5 Å². The summed E-state index contributed by atoms with van der Waals surface area (Å²) < 4.78 is 1.48. The standard InChI is InChI=1S/C16H19Cl2N5O3/c1-16(24,5-7-22-9-14(23(25)26)20-15(22)18)10-21-6-4-12-11(8-21)2-3-13(17)19-12/h2-3,9,24H,4-8,10H2,1H3. The molecule has 2 aromatic rings. The van der Waals surface area contributed by atoms with E-state index in [9.17, 15) is 15.2 Å². The quantitative estimate of drug-likeness (QED) is 0.455. The molecule has 0 saturated heterocycles. The van der Waals surface area contributed by atoms with Gasteiger partial charge < -0.3 is 15.2 Å². The van der Waals surface area contributed by atoms with Crippen molar-refractivity contribution in [2.75, 3.05) is 13.1 Å². The summed E-state index contributed by atoms with van der Waals surface area (Å²) in [5.74, 6) is -0.298. The molecule has 0 saturated carbocycles. The van der Waals surface area contributed by atoms with E-state index in [-0.39, 0.29) is 11.1 Å². The number of aromatic nitrogens is 3. The van der Waals surface area contributed by atoms with Crippen molar-refractivity contribution in [3.05, 3.63) is 50.1 Å². The van der Waals surface area contributed by atoms with E-state index in [1.54, 1.807) is 13.0 Å². The molecule has 1 unspecified atom stereocenters. The normalized spacial score (nSPS) is 16.9. The number of fused-ring (bicyclic) bond motifs is 1. The number of halogens is 2. The van der Waals surface area contributed by atoms with Gasteiger partial charge in [0.1, 0.15) is 11.3 Å². The molecule has 1 aliphatic rings. The minimum absolute atomic E-state index is 0.0438. The number of imidazole rings is 1. The number of rotatable bonds is 6. The maximum absolute atomic E-state index is 10.8. The van der Waals surface area contributed by atoms with Gasteiger partial charge in [0.2, 0.25) is 0 Å². The van der Waals surface area contributed by atoms with Crippen LogP contribution in [0.25, 0.3) is 0 Å². The molecule has 1 N–H and O–H groups in total.